The number of aromatic hydroxyl groups is 1. The van der Waals surface area contributed by atoms with Crippen LogP contribution in [0, 0.1) is 0 Å². The predicted molar refractivity (Wildman–Crippen MR) is 134 cm³/mol. The molecule has 0 radical (unpaired) electrons. The van der Waals surface area contributed by atoms with Crippen LogP contribution in [0.2, 0.25) is 5.02 Å². The highest BCUT2D eigenvalue weighted by Crippen LogP contribution is 2.33. The second-order valence-corrected chi connectivity index (χ2v) is 8.55. The lowest BCUT2D eigenvalue weighted by Gasteiger charge is -2.11. The van der Waals surface area contributed by atoms with E-state index in [4.69, 9.17) is 26.4 Å². The molecular weight excluding hydrogens is 454 g/mol. The number of hydrogen-bond donors (Lipinski definition) is 3. The van der Waals surface area contributed by atoms with Gasteiger partial charge in [0.05, 0.1) is 22.5 Å². The Hall–Kier alpha value is -3.81. The Labute approximate surface area is 201 Å². The maximum atomic E-state index is 10.8. The molecule has 0 saturated carbocycles. The molecule has 0 unspecified atom stereocenters. The number of H-pyrrole nitrogens is 1. The van der Waals surface area contributed by atoms with Crippen LogP contribution in [0.3, 0.4) is 0 Å². The standard InChI is InChI=1S/C26H24ClN3O4/c1-30(2)14-16-3-8-19(9-4-16)28-25(17-5-10-20(11-6-17)34-15-23(31)32)24-21-12-7-18(27)13-22(21)29-26(24)33/h3-13,29,33H,14-15H2,1-2H3,(H,31,32). The molecule has 0 aliphatic carbocycles. The van der Waals surface area contributed by atoms with Gasteiger partial charge in [-0.2, -0.15) is 0 Å². The molecule has 4 rings (SSSR count). The quantitative estimate of drug-likeness (QED) is 0.302. The van der Waals surface area contributed by atoms with Crippen LogP contribution >= 0.6 is 11.6 Å². The lowest BCUT2D eigenvalue weighted by atomic mass is 10.0. The molecule has 0 aliphatic rings. The van der Waals surface area contributed by atoms with E-state index in [2.05, 4.69) is 9.88 Å². The fraction of sp³-hybridized carbons (Fsp3) is 0.154. The van der Waals surface area contributed by atoms with E-state index < -0.39 is 12.6 Å². The first-order valence-electron chi connectivity index (χ1n) is 10.6. The monoisotopic (exact) mass is 477 g/mol. The minimum Gasteiger partial charge on any atom is -0.494 e. The molecule has 3 aromatic carbocycles. The zero-order valence-electron chi connectivity index (χ0n) is 18.7. The topological polar surface area (TPSA) is 98.2 Å². The molecule has 1 aromatic heterocycles. The molecule has 0 fully saturated rings. The number of aliphatic imine (C=N–C) groups is 1. The first-order valence-corrected chi connectivity index (χ1v) is 11.0. The average molecular weight is 478 g/mol. The number of aliphatic carboxylic acids is 1. The highest BCUT2D eigenvalue weighted by molar-refractivity contribution is 6.31. The van der Waals surface area contributed by atoms with E-state index in [0.717, 1.165) is 28.7 Å². The summed E-state index contributed by atoms with van der Waals surface area (Å²) < 4.78 is 5.25. The second kappa shape index (κ2) is 9.99. The third-order valence-corrected chi connectivity index (χ3v) is 5.38. The van der Waals surface area contributed by atoms with Crippen molar-refractivity contribution in [1.29, 1.82) is 0 Å². The average Bonchev–Trinajstić information content (AvgIpc) is 3.11. The van der Waals surface area contributed by atoms with Crippen molar-refractivity contribution < 1.29 is 19.7 Å². The van der Waals surface area contributed by atoms with Crippen molar-refractivity contribution in [2.75, 3.05) is 20.7 Å². The number of benzene rings is 3. The summed E-state index contributed by atoms with van der Waals surface area (Å²) in [5, 5.41) is 21.0. The highest BCUT2D eigenvalue weighted by atomic mass is 35.5. The van der Waals surface area contributed by atoms with Crippen molar-refractivity contribution in [3.63, 3.8) is 0 Å². The van der Waals surface area contributed by atoms with Crippen LogP contribution in [0.5, 0.6) is 11.6 Å². The number of hydrogen-bond acceptors (Lipinski definition) is 5. The van der Waals surface area contributed by atoms with E-state index >= 15 is 0 Å². The lowest BCUT2D eigenvalue weighted by Crippen LogP contribution is -2.10. The van der Waals surface area contributed by atoms with Crippen LogP contribution in [-0.2, 0) is 11.3 Å². The number of aromatic nitrogens is 1. The highest BCUT2D eigenvalue weighted by Gasteiger charge is 2.19. The number of carboxylic acids is 1. The second-order valence-electron chi connectivity index (χ2n) is 8.11. The summed E-state index contributed by atoms with van der Waals surface area (Å²) in [6.07, 6.45) is 0. The molecule has 1 heterocycles. The summed E-state index contributed by atoms with van der Waals surface area (Å²) in [6, 6.07) is 20.2. The summed E-state index contributed by atoms with van der Waals surface area (Å²) in [5.41, 5.74) is 4.41. The molecule has 174 valence electrons. The Kier molecular flexibility index (Phi) is 6.86. The maximum absolute atomic E-state index is 10.8. The molecule has 4 aromatic rings. The molecule has 0 saturated heterocycles. The summed E-state index contributed by atoms with van der Waals surface area (Å²) in [4.78, 5) is 20.7. The van der Waals surface area contributed by atoms with Crippen LogP contribution in [0.4, 0.5) is 5.69 Å². The first-order chi connectivity index (χ1) is 16.3. The van der Waals surface area contributed by atoms with E-state index in [1.807, 2.05) is 44.4 Å². The third-order valence-electron chi connectivity index (χ3n) is 5.14. The van der Waals surface area contributed by atoms with Crippen molar-refractivity contribution in [3.8, 4) is 11.6 Å². The van der Waals surface area contributed by atoms with Crippen LogP contribution in [0.1, 0.15) is 16.7 Å². The minimum atomic E-state index is -1.05. The van der Waals surface area contributed by atoms with Gasteiger partial charge in [0.25, 0.3) is 0 Å². The van der Waals surface area contributed by atoms with Crippen LogP contribution < -0.4 is 4.74 Å². The number of carboxylic acid groups (broad SMARTS) is 1. The molecule has 0 aliphatic heterocycles. The first kappa shape index (κ1) is 23.4. The number of aromatic amines is 1. The van der Waals surface area contributed by atoms with E-state index in [9.17, 15) is 9.90 Å². The molecule has 0 atom stereocenters. The molecule has 7 nitrogen and oxygen atoms in total. The van der Waals surface area contributed by atoms with Gasteiger partial charge in [0.15, 0.2) is 12.5 Å². The van der Waals surface area contributed by atoms with E-state index in [1.165, 1.54) is 0 Å². The van der Waals surface area contributed by atoms with Crippen LogP contribution in [0.25, 0.3) is 10.9 Å². The normalized spacial score (nSPS) is 11.8. The van der Waals surface area contributed by atoms with Crippen molar-refractivity contribution >= 4 is 39.9 Å². The fourth-order valence-corrected chi connectivity index (χ4v) is 3.86. The smallest absolute Gasteiger partial charge is 0.341 e. The Morgan fingerprint density at radius 2 is 1.76 bits per heavy atom. The molecule has 0 spiro atoms. The van der Waals surface area contributed by atoms with Gasteiger partial charge in [-0.25, -0.2) is 9.79 Å². The fourth-order valence-electron chi connectivity index (χ4n) is 3.68. The van der Waals surface area contributed by atoms with Gasteiger partial charge in [-0.1, -0.05) is 29.8 Å². The van der Waals surface area contributed by atoms with E-state index in [0.29, 0.717) is 27.6 Å². The zero-order valence-corrected chi connectivity index (χ0v) is 19.5. The molecule has 0 amide bonds. The Balaban J connectivity index is 1.80. The van der Waals surface area contributed by atoms with E-state index in [-0.39, 0.29) is 5.88 Å². The lowest BCUT2D eigenvalue weighted by molar-refractivity contribution is -0.139. The zero-order chi connectivity index (χ0) is 24.2. The van der Waals surface area contributed by atoms with Crippen molar-refractivity contribution in [2.24, 2.45) is 4.99 Å². The Bertz CT molecular complexity index is 1340. The number of halogens is 1. The van der Waals surface area contributed by atoms with Crippen LogP contribution in [-0.4, -0.2) is 52.5 Å². The minimum absolute atomic E-state index is 0.0218. The van der Waals surface area contributed by atoms with Gasteiger partial charge in [0.2, 0.25) is 0 Å². The number of nitrogens with zero attached hydrogens (tertiary/aromatic N) is 2. The van der Waals surface area contributed by atoms with Crippen molar-refractivity contribution in [3.05, 3.63) is 88.4 Å². The summed E-state index contributed by atoms with van der Waals surface area (Å²) >= 11 is 6.14. The largest absolute Gasteiger partial charge is 0.494 e. The number of carbonyl (C=O) groups is 1. The van der Waals surface area contributed by atoms with Gasteiger partial charge < -0.3 is 24.8 Å². The molecular formula is C26H24ClN3O4. The predicted octanol–water partition coefficient (Wildman–Crippen LogP) is 5.22. The molecule has 3 N–H and O–H groups in total. The third kappa shape index (κ3) is 5.39. The van der Waals surface area contributed by atoms with Gasteiger partial charge in [0.1, 0.15) is 5.75 Å². The Morgan fingerprint density at radius 1 is 1.06 bits per heavy atom. The summed E-state index contributed by atoms with van der Waals surface area (Å²) in [7, 11) is 4.03. The maximum Gasteiger partial charge on any atom is 0.341 e. The van der Waals surface area contributed by atoms with Gasteiger partial charge >= 0.3 is 5.97 Å². The SMILES string of the molecule is CN(C)Cc1ccc(N=C(c2ccc(OCC(=O)O)cc2)c2c(O)[nH]c3cc(Cl)ccc23)cc1. The number of fused-ring (bicyclic) bond motifs is 1. The molecule has 34 heavy (non-hydrogen) atoms. The van der Waals surface area contributed by atoms with Gasteiger partial charge in [-0.3, -0.25) is 0 Å². The van der Waals surface area contributed by atoms with Gasteiger partial charge in [0, 0.05) is 22.5 Å². The van der Waals surface area contributed by atoms with Gasteiger partial charge in [-0.15, -0.1) is 0 Å². The summed E-state index contributed by atoms with van der Waals surface area (Å²) in [5.74, 6) is -0.647. The van der Waals surface area contributed by atoms with Gasteiger partial charge in [-0.05, 0) is 68.2 Å². The van der Waals surface area contributed by atoms with E-state index in [1.54, 1.807) is 36.4 Å². The number of nitrogens with one attached hydrogen (secondary N) is 1. The number of ether oxygens (including phenoxy) is 1. The molecule has 0 bridgehead atoms. The number of rotatable bonds is 8. The molecule has 8 heteroatoms. The van der Waals surface area contributed by atoms with Crippen LogP contribution in [0.15, 0.2) is 71.7 Å². The van der Waals surface area contributed by atoms with Crippen molar-refractivity contribution in [2.45, 2.75) is 6.54 Å². The Morgan fingerprint density at radius 3 is 2.41 bits per heavy atom. The van der Waals surface area contributed by atoms with Crippen molar-refractivity contribution in [1.82, 2.24) is 9.88 Å². The summed E-state index contributed by atoms with van der Waals surface area (Å²) in [6.45, 7) is 0.391.